The molecule has 0 radical (unpaired) electrons. The molecule has 0 bridgehead atoms. The highest BCUT2D eigenvalue weighted by Crippen LogP contribution is 2.27. The molecule has 1 rings (SSSR count). The van der Waals surface area contributed by atoms with Crippen LogP contribution in [0.15, 0.2) is 12.4 Å². The Labute approximate surface area is 98.4 Å². The van der Waals surface area contributed by atoms with Crippen molar-refractivity contribution in [1.29, 1.82) is 0 Å². The lowest BCUT2D eigenvalue weighted by Crippen LogP contribution is -2.45. The van der Waals surface area contributed by atoms with Gasteiger partial charge in [0.1, 0.15) is 0 Å². The molecule has 4 nitrogen and oxygen atoms in total. The molecule has 16 heavy (non-hydrogen) atoms. The van der Waals surface area contributed by atoms with Crippen molar-refractivity contribution in [2.75, 3.05) is 13.6 Å². The largest absolute Gasteiger partial charge is 0.329 e. The van der Waals surface area contributed by atoms with E-state index in [4.69, 9.17) is 5.73 Å². The van der Waals surface area contributed by atoms with Crippen molar-refractivity contribution in [2.45, 2.75) is 38.8 Å². The summed E-state index contributed by atoms with van der Waals surface area (Å²) in [6.45, 7) is 7.30. The third-order valence-electron chi connectivity index (χ3n) is 3.62. The molecule has 0 aromatic carbocycles. The second-order valence-electron chi connectivity index (χ2n) is 4.98. The van der Waals surface area contributed by atoms with Crippen molar-refractivity contribution in [3.63, 3.8) is 0 Å². The van der Waals surface area contributed by atoms with Crippen LogP contribution in [0.3, 0.4) is 0 Å². The second-order valence-corrected chi connectivity index (χ2v) is 4.98. The summed E-state index contributed by atoms with van der Waals surface area (Å²) in [5.74, 6) is 0. The van der Waals surface area contributed by atoms with Gasteiger partial charge in [0.15, 0.2) is 0 Å². The van der Waals surface area contributed by atoms with E-state index in [2.05, 4.69) is 37.8 Å². The Bertz CT molecular complexity index is 330. The number of aromatic nitrogens is 2. The van der Waals surface area contributed by atoms with Gasteiger partial charge in [0, 0.05) is 30.9 Å². The lowest BCUT2D eigenvalue weighted by molar-refractivity contribution is 0.100. The molecular weight excluding hydrogens is 200 g/mol. The van der Waals surface area contributed by atoms with Crippen molar-refractivity contribution in [2.24, 2.45) is 12.8 Å². The van der Waals surface area contributed by atoms with Gasteiger partial charge in [0.2, 0.25) is 0 Å². The number of nitrogens with two attached hydrogens (primary N) is 1. The van der Waals surface area contributed by atoms with Gasteiger partial charge in [-0.2, -0.15) is 5.10 Å². The molecule has 0 saturated heterocycles. The van der Waals surface area contributed by atoms with Crippen LogP contribution >= 0.6 is 0 Å². The fourth-order valence-electron chi connectivity index (χ4n) is 1.80. The Morgan fingerprint density at radius 1 is 1.56 bits per heavy atom. The zero-order chi connectivity index (χ0) is 12.3. The van der Waals surface area contributed by atoms with Gasteiger partial charge in [0.25, 0.3) is 0 Å². The minimum atomic E-state index is 0.153. The maximum atomic E-state index is 5.89. The highest BCUT2D eigenvalue weighted by molar-refractivity contribution is 5.12. The number of hydrogen-bond donors (Lipinski definition) is 1. The average molecular weight is 224 g/mol. The van der Waals surface area contributed by atoms with Gasteiger partial charge in [-0.05, 0) is 27.3 Å². The molecule has 2 N–H and O–H groups in total. The van der Waals surface area contributed by atoms with Crippen LogP contribution in [0.5, 0.6) is 0 Å². The number of likely N-dealkylation sites (N-methyl/N-ethyl adjacent to an activating group) is 1. The van der Waals surface area contributed by atoms with E-state index < -0.39 is 0 Å². The third kappa shape index (κ3) is 2.62. The molecule has 0 aliphatic carbocycles. The third-order valence-corrected chi connectivity index (χ3v) is 3.62. The van der Waals surface area contributed by atoms with Gasteiger partial charge < -0.3 is 5.73 Å². The first-order chi connectivity index (χ1) is 7.42. The SMILES string of the molecule is CCC(C)(C)N(C)C(CN)c1cnn(C)c1. The van der Waals surface area contributed by atoms with Crippen LogP contribution in [0, 0.1) is 0 Å². The molecule has 0 fully saturated rings. The van der Waals surface area contributed by atoms with Gasteiger partial charge in [0.05, 0.1) is 12.2 Å². The highest BCUT2D eigenvalue weighted by atomic mass is 15.3. The summed E-state index contributed by atoms with van der Waals surface area (Å²) in [7, 11) is 4.07. The standard InChI is InChI=1S/C12H24N4/c1-6-12(2,3)16(5)11(7-13)10-8-14-15(4)9-10/h8-9,11H,6-7,13H2,1-5H3. The van der Waals surface area contributed by atoms with E-state index in [1.807, 2.05) is 24.1 Å². The molecule has 1 unspecified atom stereocenters. The molecule has 92 valence electrons. The van der Waals surface area contributed by atoms with E-state index >= 15 is 0 Å². The minimum absolute atomic E-state index is 0.153. The summed E-state index contributed by atoms with van der Waals surface area (Å²) in [6.07, 6.45) is 5.04. The van der Waals surface area contributed by atoms with Crippen molar-refractivity contribution in [1.82, 2.24) is 14.7 Å². The summed E-state index contributed by atoms with van der Waals surface area (Å²) in [5.41, 5.74) is 7.23. The molecule has 1 aromatic rings. The van der Waals surface area contributed by atoms with E-state index in [1.165, 1.54) is 5.56 Å². The van der Waals surface area contributed by atoms with Crippen molar-refractivity contribution < 1.29 is 0 Å². The molecule has 1 atom stereocenters. The van der Waals surface area contributed by atoms with Crippen molar-refractivity contribution in [3.05, 3.63) is 18.0 Å². The number of nitrogens with zero attached hydrogens (tertiary/aromatic N) is 3. The molecule has 0 saturated carbocycles. The van der Waals surface area contributed by atoms with Crippen LogP contribution in [-0.4, -0.2) is 33.8 Å². The van der Waals surface area contributed by atoms with E-state index in [9.17, 15) is 0 Å². The zero-order valence-electron chi connectivity index (χ0n) is 11.1. The minimum Gasteiger partial charge on any atom is -0.329 e. The smallest absolute Gasteiger partial charge is 0.0538 e. The molecular formula is C12H24N4. The Hall–Kier alpha value is -0.870. The van der Waals surface area contributed by atoms with E-state index in [0.717, 1.165) is 6.42 Å². The van der Waals surface area contributed by atoms with E-state index in [0.29, 0.717) is 6.54 Å². The van der Waals surface area contributed by atoms with Gasteiger partial charge in [-0.25, -0.2) is 0 Å². The molecule has 0 amide bonds. The summed E-state index contributed by atoms with van der Waals surface area (Å²) in [6, 6.07) is 0.239. The Balaban J connectivity index is 2.90. The predicted molar refractivity (Wildman–Crippen MR) is 67.1 cm³/mol. The first-order valence-electron chi connectivity index (χ1n) is 5.84. The molecule has 0 spiro atoms. The number of aryl methyl sites for hydroxylation is 1. The predicted octanol–water partition coefficient (Wildman–Crippen LogP) is 1.54. The van der Waals surface area contributed by atoms with Crippen LogP contribution in [0.1, 0.15) is 38.8 Å². The molecule has 1 aromatic heterocycles. The maximum absolute atomic E-state index is 5.89. The second kappa shape index (κ2) is 4.97. The topological polar surface area (TPSA) is 47.1 Å². The fourth-order valence-corrected chi connectivity index (χ4v) is 1.80. The normalized spacial score (nSPS) is 14.4. The lowest BCUT2D eigenvalue weighted by atomic mass is 9.96. The summed E-state index contributed by atoms with van der Waals surface area (Å²) in [4.78, 5) is 2.34. The van der Waals surface area contributed by atoms with Crippen LogP contribution in [-0.2, 0) is 7.05 Å². The average Bonchev–Trinajstić information content (AvgIpc) is 2.66. The van der Waals surface area contributed by atoms with E-state index in [-0.39, 0.29) is 11.6 Å². The maximum Gasteiger partial charge on any atom is 0.0538 e. The van der Waals surface area contributed by atoms with Crippen molar-refractivity contribution >= 4 is 0 Å². The Morgan fingerprint density at radius 2 is 2.19 bits per heavy atom. The molecule has 1 heterocycles. The Morgan fingerprint density at radius 3 is 2.56 bits per heavy atom. The van der Waals surface area contributed by atoms with Crippen molar-refractivity contribution in [3.8, 4) is 0 Å². The molecule has 4 heteroatoms. The van der Waals surface area contributed by atoms with Gasteiger partial charge in [-0.1, -0.05) is 6.92 Å². The van der Waals surface area contributed by atoms with Crippen LogP contribution in [0.4, 0.5) is 0 Å². The van der Waals surface area contributed by atoms with Crippen LogP contribution < -0.4 is 5.73 Å². The molecule has 0 aliphatic heterocycles. The molecule has 0 aliphatic rings. The fraction of sp³-hybridized carbons (Fsp3) is 0.750. The number of hydrogen-bond acceptors (Lipinski definition) is 3. The van der Waals surface area contributed by atoms with Gasteiger partial charge >= 0.3 is 0 Å². The summed E-state index contributed by atoms with van der Waals surface area (Å²) < 4.78 is 1.82. The van der Waals surface area contributed by atoms with Gasteiger partial charge in [-0.15, -0.1) is 0 Å². The Kier molecular flexibility index (Phi) is 4.10. The van der Waals surface area contributed by atoms with Crippen LogP contribution in [0.25, 0.3) is 0 Å². The first-order valence-corrected chi connectivity index (χ1v) is 5.84. The number of rotatable bonds is 5. The lowest BCUT2D eigenvalue weighted by Gasteiger charge is -2.40. The van der Waals surface area contributed by atoms with Crippen LogP contribution in [0.2, 0.25) is 0 Å². The first kappa shape index (κ1) is 13.2. The van der Waals surface area contributed by atoms with E-state index in [1.54, 1.807) is 0 Å². The summed E-state index contributed by atoms with van der Waals surface area (Å²) in [5, 5.41) is 4.21. The zero-order valence-corrected chi connectivity index (χ0v) is 11.1. The highest BCUT2D eigenvalue weighted by Gasteiger charge is 2.28. The summed E-state index contributed by atoms with van der Waals surface area (Å²) >= 11 is 0. The van der Waals surface area contributed by atoms with Gasteiger partial charge in [-0.3, -0.25) is 9.58 Å². The monoisotopic (exact) mass is 224 g/mol. The quantitative estimate of drug-likeness (QED) is 0.825.